The number of aryl methyl sites for hydroxylation is 1. The van der Waals surface area contributed by atoms with Crippen molar-refractivity contribution in [1.82, 2.24) is 9.97 Å². The van der Waals surface area contributed by atoms with Crippen molar-refractivity contribution in [2.45, 2.75) is 19.3 Å². The Kier molecular flexibility index (Phi) is 5.92. The van der Waals surface area contributed by atoms with Gasteiger partial charge in [0.2, 0.25) is 5.91 Å². The normalized spacial score (nSPS) is 10.6. The maximum Gasteiger partial charge on any atom is 0.311 e. The second kappa shape index (κ2) is 8.54. The van der Waals surface area contributed by atoms with Crippen LogP contribution in [0.2, 0.25) is 0 Å². The molecule has 27 heavy (non-hydrogen) atoms. The lowest BCUT2D eigenvalue weighted by Crippen LogP contribution is -2.12. The summed E-state index contributed by atoms with van der Waals surface area (Å²) in [6, 6.07) is 5.88. The molecule has 0 radical (unpaired) electrons. The third kappa shape index (κ3) is 5.20. The Labute approximate surface area is 158 Å². The molecule has 0 saturated heterocycles. The summed E-state index contributed by atoms with van der Waals surface area (Å²) in [5.74, 6) is -0.0330. The van der Waals surface area contributed by atoms with Crippen LogP contribution in [0, 0.1) is 5.82 Å². The number of carbonyl (C=O) groups is 2. The predicted octanol–water partition coefficient (Wildman–Crippen LogP) is 3.22. The van der Waals surface area contributed by atoms with Gasteiger partial charge in [0, 0.05) is 23.8 Å². The van der Waals surface area contributed by atoms with E-state index in [1.807, 2.05) is 0 Å². The maximum atomic E-state index is 13.0. The van der Waals surface area contributed by atoms with Gasteiger partial charge in [-0.1, -0.05) is 0 Å². The summed E-state index contributed by atoms with van der Waals surface area (Å²) >= 11 is 1.23. The van der Waals surface area contributed by atoms with Gasteiger partial charge < -0.3 is 14.5 Å². The van der Waals surface area contributed by atoms with Gasteiger partial charge in [-0.3, -0.25) is 9.59 Å². The molecule has 0 saturated carbocycles. The topological polar surface area (TPSA) is 94.3 Å². The quantitative estimate of drug-likeness (QED) is 0.624. The van der Waals surface area contributed by atoms with Crippen molar-refractivity contribution in [2.75, 3.05) is 12.4 Å². The lowest BCUT2D eigenvalue weighted by Gasteiger charge is -2.00. The number of oxazole rings is 1. The molecule has 0 aliphatic carbocycles. The molecule has 7 nitrogen and oxygen atoms in total. The fourth-order valence-electron chi connectivity index (χ4n) is 2.24. The molecule has 1 N–H and O–H groups in total. The number of esters is 1. The van der Waals surface area contributed by atoms with Gasteiger partial charge >= 0.3 is 5.97 Å². The second-order valence-corrected chi connectivity index (χ2v) is 6.43. The molecule has 0 unspecified atom stereocenters. The molecule has 0 aliphatic rings. The van der Waals surface area contributed by atoms with Crippen LogP contribution in [-0.2, 0) is 27.2 Å². The molecule has 0 fully saturated rings. The second-order valence-electron chi connectivity index (χ2n) is 5.57. The Balaban J connectivity index is 1.51. The van der Waals surface area contributed by atoms with Crippen molar-refractivity contribution in [3.05, 3.63) is 53.2 Å². The number of hydrogen-bond acceptors (Lipinski definition) is 7. The van der Waals surface area contributed by atoms with Gasteiger partial charge in [-0.15, -0.1) is 11.3 Å². The Morgan fingerprint density at radius 2 is 2.07 bits per heavy atom. The third-order valence-corrected chi connectivity index (χ3v) is 4.41. The Morgan fingerprint density at radius 3 is 2.81 bits per heavy atom. The van der Waals surface area contributed by atoms with Gasteiger partial charge in [-0.05, 0) is 24.3 Å². The van der Waals surface area contributed by atoms with Crippen LogP contribution in [0.3, 0.4) is 0 Å². The summed E-state index contributed by atoms with van der Waals surface area (Å²) in [5, 5.41) is 4.78. The van der Waals surface area contributed by atoms with E-state index in [0.29, 0.717) is 34.5 Å². The first-order valence-corrected chi connectivity index (χ1v) is 8.93. The van der Waals surface area contributed by atoms with E-state index < -0.39 is 0 Å². The molecule has 3 aromatic rings. The van der Waals surface area contributed by atoms with E-state index in [-0.39, 0.29) is 30.5 Å². The Hall–Kier alpha value is -3.07. The molecule has 3 rings (SSSR count). The number of hydrogen-bond donors (Lipinski definition) is 1. The van der Waals surface area contributed by atoms with Gasteiger partial charge in [0.25, 0.3) is 0 Å². The standard InChI is InChI=1S/C18H16FN3O4S/c1-25-17(24)8-13-10-27-18(21-13)22-15(23)6-7-16-20-9-14(26-16)11-2-4-12(19)5-3-11/h2-5,9-10H,6-8H2,1H3,(H,21,22,23). The molecule has 0 spiro atoms. The minimum atomic E-state index is -0.390. The van der Waals surface area contributed by atoms with Crippen LogP contribution in [-0.4, -0.2) is 29.0 Å². The summed E-state index contributed by atoms with van der Waals surface area (Å²) in [6.07, 6.45) is 2.08. The number of anilines is 1. The predicted molar refractivity (Wildman–Crippen MR) is 96.7 cm³/mol. The highest BCUT2D eigenvalue weighted by Gasteiger charge is 2.12. The van der Waals surface area contributed by atoms with E-state index in [1.165, 1.54) is 30.6 Å². The highest BCUT2D eigenvalue weighted by Crippen LogP contribution is 2.21. The maximum absolute atomic E-state index is 13.0. The monoisotopic (exact) mass is 389 g/mol. The molecule has 140 valence electrons. The van der Waals surface area contributed by atoms with Crippen molar-refractivity contribution < 1.29 is 23.1 Å². The molecule has 0 aliphatic heterocycles. The van der Waals surface area contributed by atoms with Gasteiger partial charge in [0.05, 0.1) is 25.4 Å². The summed E-state index contributed by atoms with van der Waals surface area (Å²) in [7, 11) is 1.31. The van der Waals surface area contributed by atoms with Crippen molar-refractivity contribution in [1.29, 1.82) is 0 Å². The van der Waals surface area contributed by atoms with E-state index in [9.17, 15) is 14.0 Å². The van der Waals surface area contributed by atoms with Crippen LogP contribution in [0.25, 0.3) is 11.3 Å². The molecule has 2 aromatic heterocycles. The molecular formula is C18H16FN3O4S. The first-order chi connectivity index (χ1) is 13.0. The van der Waals surface area contributed by atoms with E-state index >= 15 is 0 Å². The number of rotatable bonds is 7. The van der Waals surface area contributed by atoms with Crippen molar-refractivity contribution >= 4 is 28.3 Å². The summed E-state index contributed by atoms with van der Waals surface area (Å²) < 4.78 is 23.1. The first kappa shape index (κ1) is 18.7. The zero-order chi connectivity index (χ0) is 19.2. The zero-order valence-corrected chi connectivity index (χ0v) is 15.2. The summed E-state index contributed by atoms with van der Waals surface area (Å²) in [6.45, 7) is 0. The Bertz CT molecular complexity index is 936. The highest BCUT2D eigenvalue weighted by molar-refractivity contribution is 7.13. The fourth-order valence-corrected chi connectivity index (χ4v) is 2.97. The number of carbonyl (C=O) groups excluding carboxylic acids is 2. The molecule has 9 heteroatoms. The summed E-state index contributed by atoms with van der Waals surface area (Å²) in [4.78, 5) is 31.5. The first-order valence-electron chi connectivity index (χ1n) is 8.05. The molecule has 2 heterocycles. The van der Waals surface area contributed by atoms with Crippen molar-refractivity contribution in [3.8, 4) is 11.3 Å². The number of nitrogens with zero attached hydrogens (tertiary/aromatic N) is 2. The van der Waals surface area contributed by atoms with E-state index in [0.717, 1.165) is 0 Å². The van der Waals surface area contributed by atoms with Crippen LogP contribution < -0.4 is 5.32 Å². The number of aromatic nitrogens is 2. The van der Waals surface area contributed by atoms with E-state index in [2.05, 4.69) is 20.0 Å². The SMILES string of the molecule is COC(=O)Cc1csc(NC(=O)CCc2ncc(-c3ccc(F)cc3)o2)n1. The minimum absolute atomic E-state index is 0.0609. The number of amides is 1. The van der Waals surface area contributed by atoms with Gasteiger partial charge in [0.15, 0.2) is 16.8 Å². The number of halogens is 1. The van der Waals surface area contributed by atoms with Gasteiger partial charge in [-0.2, -0.15) is 0 Å². The molecule has 0 bridgehead atoms. The van der Waals surface area contributed by atoms with Crippen molar-refractivity contribution in [2.24, 2.45) is 0 Å². The number of nitrogens with one attached hydrogen (secondary N) is 1. The lowest BCUT2D eigenvalue weighted by molar-refractivity contribution is -0.139. The van der Waals surface area contributed by atoms with Crippen molar-refractivity contribution in [3.63, 3.8) is 0 Å². The summed E-state index contributed by atoms with van der Waals surface area (Å²) in [5.41, 5.74) is 1.25. The van der Waals surface area contributed by atoms with Crippen LogP contribution in [0.15, 0.2) is 40.3 Å². The number of ether oxygens (including phenoxy) is 1. The fraction of sp³-hybridized carbons (Fsp3) is 0.222. The van der Waals surface area contributed by atoms with Crippen LogP contribution in [0.4, 0.5) is 9.52 Å². The zero-order valence-electron chi connectivity index (χ0n) is 14.4. The van der Waals surface area contributed by atoms with Gasteiger partial charge in [0.1, 0.15) is 5.82 Å². The van der Waals surface area contributed by atoms with E-state index in [4.69, 9.17) is 4.42 Å². The van der Waals surface area contributed by atoms with Crippen LogP contribution in [0.5, 0.6) is 0 Å². The molecule has 1 aromatic carbocycles. The van der Waals surface area contributed by atoms with Gasteiger partial charge in [-0.25, -0.2) is 14.4 Å². The molecular weight excluding hydrogens is 373 g/mol. The minimum Gasteiger partial charge on any atom is -0.469 e. The average molecular weight is 389 g/mol. The molecule has 0 atom stereocenters. The van der Waals surface area contributed by atoms with Crippen LogP contribution >= 0.6 is 11.3 Å². The smallest absolute Gasteiger partial charge is 0.311 e. The molecule has 1 amide bonds. The number of thiazole rings is 1. The Morgan fingerprint density at radius 1 is 1.30 bits per heavy atom. The average Bonchev–Trinajstić information content (AvgIpc) is 3.30. The third-order valence-electron chi connectivity index (χ3n) is 3.60. The van der Waals surface area contributed by atoms with Crippen LogP contribution in [0.1, 0.15) is 18.0 Å². The number of methoxy groups -OCH3 is 1. The van der Waals surface area contributed by atoms with E-state index in [1.54, 1.807) is 23.7 Å². The largest absolute Gasteiger partial charge is 0.469 e. The lowest BCUT2D eigenvalue weighted by atomic mass is 10.2. The number of benzene rings is 1. The highest BCUT2D eigenvalue weighted by atomic mass is 32.1.